The molecule has 1 aliphatic carbocycles. The number of likely N-dealkylation sites (N-methyl/N-ethyl adjacent to an activating group) is 1. The van der Waals surface area contributed by atoms with Gasteiger partial charge in [0.15, 0.2) is 0 Å². The van der Waals surface area contributed by atoms with Gasteiger partial charge in [0.2, 0.25) is 10.0 Å². The molecule has 0 aromatic rings. The zero-order chi connectivity index (χ0) is 13.3. The standard InChI is InChI=1S/C12H24N2O3S/c1-13(18(2,16)17)10-6-5-7-11(12(10)15)14-8-3-4-9-14/h10-12,15H,3-9H2,1-2H3/t10-,11-,12-/m1/s1. The third kappa shape index (κ3) is 2.87. The first-order valence-electron chi connectivity index (χ1n) is 6.76. The number of aliphatic hydroxyl groups is 1. The predicted octanol–water partition coefficient (Wildman–Crippen LogP) is 0.256. The Hall–Kier alpha value is -0.170. The van der Waals surface area contributed by atoms with Crippen LogP contribution in [0.15, 0.2) is 0 Å². The normalized spacial score (nSPS) is 35.2. The van der Waals surface area contributed by atoms with Crippen LogP contribution in [0.3, 0.4) is 0 Å². The first-order valence-corrected chi connectivity index (χ1v) is 8.61. The largest absolute Gasteiger partial charge is 0.390 e. The summed E-state index contributed by atoms with van der Waals surface area (Å²) in [5.74, 6) is 0. The molecule has 18 heavy (non-hydrogen) atoms. The Labute approximate surface area is 110 Å². The van der Waals surface area contributed by atoms with Crippen LogP contribution in [0.4, 0.5) is 0 Å². The number of sulfonamides is 1. The van der Waals surface area contributed by atoms with Crippen LogP contribution in [-0.4, -0.2) is 67.3 Å². The molecule has 0 spiro atoms. The van der Waals surface area contributed by atoms with Gasteiger partial charge in [-0.25, -0.2) is 8.42 Å². The number of likely N-dealkylation sites (tertiary alicyclic amines) is 1. The van der Waals surface area contributed by atoms with Gasteiger partial charge in [-0.1, -0.05) is 6.42 Å². The van der Waals surface area contributed by atoms with Gasteiger partial charge in [-0.05, 0) is 38.8 Å². The Morgan fingerprint density at radius 2 is 1.78 bits per heavy atom. The molecule has 6 heteroatoms. The van der Waals surface area contributed by atoms with Crippen molar-refractivity contribution >= 4 is 10.0 Å². The maximum absolute atomic E-state index is 11.6. The lowest BCUT2D eigenvalue weighted by molar-refractivity contribution is -0.0102. The van der Waals surface area contributed by atoms with Crippen LogP contribution < -0.4 is 0 Å². The zero-order valence-electron chi connectivity index (χ0n) is 11.2. The number of nitrogens with zero attached hydrogens (tertiary/aromatic N) is 2. The van der Waals surface area contributed by atoms with Crippen LogP contribution in [0, 0.1) is 0 Å². The van der Waals surface area contributed by atoms with Gasteiger partial charge in [0.05, 0.1) is 18.4 Å². The van der Waals surface area contributed by atoms with Crippen LogP contribution in [0.5, 0.6) is 0 Å². The van der Waals surface area contributed by atoms with Gasteiger partial charge in [-0.15, -0.1) is 0 Å². The van der Waals surface area contributed by atoms with Gasteiger partial charge >= 0.3 is 0 Å². The van der Waals surface area contributed by atoms with Crippen molar-refractivity contribution in [2.24, 2.45) is 0 Å². The summed E-state index contributed by atoms with van der Waals surface area (Å²) < 4.78 is 24.6. The molecule has 1 saturated heterocycles. The van der Waals surface area contributed by atoms with Crippen molar-refractivity contribution < 1.29 is 13.5 Å². The average molecular weight is 276 g/mol. The highest BCUT2D eigenvalue weighted by molar-refractivity contribution is 7.88. The van der Waals surface area contributed by atoms with Gasteiger partial charge in [0, 0.05) is 13.1 Å². The van der Waals surface area contributed by atoms with Gasteiger partial charge in [0.25, 0.3) is 0 Å². The number of hydrogen-bond donors (Lipinski definition) is 1. The maximum Gasteiger partial charge on any atom is 0.211 e. The van der Waals surface area contributed by atoms with E-state index in [4.69, 9.17) is 0 Å². The molecule has 2 aliphatic rings. The first kappa shape index (κ1) is 14.2. The summed E-state index contributed by atoms with van der Waals surface area (Å²) in [6.45, 7) is 2.08. The highest BCUT2D eigenvalue weighted by atomic mass is 32.2. The Morgan fingerprint density at radius 1 is 1.17 bits per heavy atom. The summed E-state index contributed by atoms with van der Waals surface area (Å²) in [5.41, 5.74) is 0. The summed E-state index contributed by atoms with van der Waals surface area (Å²) in [5, 5.41) is 10.5. The van der Waals surface area contributed by atoms with Gasteiger partial charge in [-0.3, -0.25) is 4.90 Å². The molecule has 2 fully saturated rings. The molecule has 0 bridgehead atoms. The van der Waals surface area contributed by atoms with E-state index in [1.807, 2.05) is 0 Å². The van der Waals surface area contributed by atoms with E-state index in [1.165, 1.54) is 23.4 Å². The summed E-state index contributed by atoms with van der Waals surface area (Å²) in [4.78, 5) is 2.33. The molecule has 1 saturated carbocycles. The topological polar surface area (TPSA) is 60.9 Å². The van der Waals surface area contributed by atoms with Crippen molar-refractivity contribution in [3.05, 3.63) is 0 Å². The van der Waals surface area contributed by atoms with Crippen LogP contribution in [0.1, 0.15) is 32.1 Å². The number of hydrogen-bond acceptors (Lipinski definition) is 4. The smallest absolute Gasteiger partial charge is 0.211 e. The molecule has 1 aliphatic heterocycles. The van der Waals surface area contributed by atoms with Crippen molar-refractivity contribution in [2.45, 2.75) is 50.3 Å². The fourth-order valence-corrected chi connectivity index (χ4v) is 3.97. The molecule has 5 nitrogen and oxygen atoms in total. The molecule has 0 unspecified atom stereocenters. The monoisotopic (exact) mass is 276 g/mol. The van der Waals surface area contributed by atoms with Crippen molar-refractivity contribution in [1.29, 1.82) is 0 Å². The highest BCUT2D eigenvalue weighted by Gasteiger charge is 2.40. The second-order valence-electron chi connectivity index (χ2n) is 5.58. The van der Waals surface area contributed by atoms with Crippen molar-refractivity contribution in [2.75, 3.05) is 26.4 Å². The van der Waals surface area contributed by atoms with E-state index in [9.17, 15) is 13.5 Å². The molecular weight excluding hydrogens is 252 g/mol. The second kappa shape index (κ2) is 5.45. The first-order chi connectivity index (χ1) is 8.41. The Morgan fingerprint density at radius 3 is 2.33 bits per heavy atom. The molecule has 0 amide bonds. The Bertz CT molecular complexity index is 379. The molecule has 2 rings (SSSR count). The van der Waals surface area contributed by atoms with E-state index in [1.54, 1.807) is 7.05 Å². The van der Waals surface area contributed by atoms with Gasteiger partial charge < -0.3 is 5.11 Å². The molecule has 106 valence electrons. The number of rotatable bonds is 3. The van der Waals surface area contributed by atoms with E-state index in [0.29, 0.717) is 0 Å². The number of aliphatic hydroxyl groups excluding tert-OH is 1. The predicted molar refractivity (Wildman–Crippen MR) is 70.8 cm³/mol. The lowest BCUT2D eigenvalue weighted by atomic mass is 9.87. The molecule has 0 radical (unpaired) electrons. The Kier molecular flexibility index (Phi) is 4.31. The fraction of sp³-hybridized carbons (Fsp3) is 1.00. The average Bonchev–Trinajstić information content (AvgIpc) is 2.80. The molecule has 0 aromatic carbocycles. The van der Waals surface area contributed by atoms with Crippen LogP contribution in [0.25, 0.3) is 0 Å². The van der Waals surface area contributed by atoms with E-state index >= 15 is 0 Å². The lowest BCUT2D eigenvalue weighted by Crippen LogP contribution is -2.56. The minimum absolute atomic E-state index is 0.135. The summed E-state index contributed by atoms with van der Waals surface area (Å²) in [6.07, 6.45) is 5.76. The van der Waals surface area contributed by atoms with Gasteiger partial charge in [0.1, 0.15) is 0 Å². The third-order valence-corrected chi connectivity index (χ3v) is 5.71. The molecule has 1 N–H and O–H groups in total. The third-order valence-electron chi connectivity index (χ3n) is 4.39. The van der Waals surface area contributed by atoms with E-state index in [-0.39, 0.29) is 12.1 Å². The molecular formula is C12H24N2O3S. The van der Waals surface area contributed by atoms with Gasteiger partial charge in [-0.2, -0.15) is 4.31 Å². The van der Waals surface area contributed by atoms with E-state index < -0.39 is 16.1 Å². The van der Waals surface area contributed by atoms with Crippen molar-refractivity contribution in [3.63, 3.8) is 0 Å². The fourth-order valence-electron chi connectivity index (χ4n) is 3.25. The summed E-state index contributed by atoms with van der Waals surface area (Å²) in [7, 11) is -1.65. The van der Waals surface area contributed by atoms with Crippen LogP contribution in [0.2, 0.25) is 0 Å². The lowest BCUT2D eigenvalue weighted by Gasteiger charge is -2.42. The maximum atomic E-state index is 11.6. The summed E-state index contributed by atoms with van der Waals surface area (Å²) in [6, 6.07) is -0.130. The van der Waals surface area contributed by atoms with E-state index in [2.05, 4.69) is 4.90 Å². The van der Waals surface area contributed by atoms with Crippen molar-refractivity contribution in [1.82, 2.24) is 9.21 Å². The molecule has 3 atom stereocenters. The highest BCUT2D eigenvalue weighted by Crippen LogP contribution is 2.29. The second-order valence-corrected chi connectivity index (χ2v) is 7.62. The SMILES string of the molecule is CN([C@@H]1CCC[C@@H](N2CCCC2)[C@@H]1O)S(C)(=O)=O. The van der Waals surface area contributed by atoms with Crippen LogP contribution >= 0.6 is 0 Å². The zero-order valence-corrected chi connectivity index (χ0v) is 12.1. The van der Waals surface area contributed by atoms with Crippen molar-refractivity contribution in [3.8, 4) is 0 Å². The quantitative estimate of drug-likeness (QED) is 0.803. The minimum Gasteiger partial charge on any atom is -0.390 e. The minimum atomic E-state index is -3.23. The molecule has 1 heterocycles. The molecule has 0 aromatic heterocycles. The summed E-state index contributed by atoms with van der Waals surface area (Å²) >= 11 is 0. The van der Waals surface area contributed by atoms with Crippen LogP contribution in [-0.2, 0) is 10.0 Å². The van der Waals surface area contributed by atoms with E-state index in [0.717, 1.165) is 32.4 Å². The Balaban J connectivity index is 2.08.